The van der Waals surface area contributed by atoms with E-state index in [1.165, 1.54) is 0 Å². The molecule has 0 amide bonds. The molecule has 0 spiro atoms. The molecule has 1 N–H and O–H groups in total. The van der Waals surface area contributed by atoms with Crippen molar-refractivity contribution in [2.24, 2.45) is 0 Å². The summed E-state index contributed by atoms with van der Waals surface area (Å²) < 4.78 is 25.7. The molecular formula is C7H7Br2NO2S. The van der Waals surface area contributed by atoms with E-state index in [1.54, 1.807) is 12.1 Å². The van der Waals surface area contributed by atoms with Crippen LogP contribution in [0.1, 0.15) is 0 Å². The zero-order valence-corrected chi connectivity index (χ0v) is 10.7. The first-order valence-electron chi connectivity index (χ1n) is 3.31. The summed E-state index contributed by atoms with van der Waals surface area (Å²) in [4.78, 5) is 0. The lowest BCUT2D eigenvalue weighted by Crippen LogP contribution is -2.09. The molecule has 1 rings (SSSR count). The number of nitrogens with one attached hydrogen (secondary N) is 1. The molecule has 0 aliphatic rings. The Kier molecular flexibility index (Phi) is 3.37. The molecule has 0 bridgehead atoms. The van der Waals surface area contributed by atoms with E-state index in [0.29, 0.717) is 10.2 Å². The van der Waals surface area contributed by atoms with Gasteiger partial charge in [-0.05, 0) is 34.1 Å². The Hall–Kier alpha value is -0.0700. The summed E-state index contributed by atoms with van der Waals surface area (Å²) >= 11 is 6.48. The van der Waals surface area contributed by atoms with Gasteiger partial charge in [-0.25, -0.2) is 8.42 Å². The van der Waals surface area contributed by atoms with Gasteiger partial charge in [-0.1, -0.05) is 15.9 Å². The van der Waals surface area contributed by atoms with E-state index in [0.717, 1.165) is 10.7 Å². The maximum atomic E-state index is 10.9. The number of anilines is 1. The molecule has 0 radical (unpaired) electrons. The second kappa shape index (κ2) is 3.98. The molecule has 0 atom stereocenters. The fourth-order valence-electron chi connectivity index (χ4n) is 0.775. The monoisotopic (exact) mass is 327 g/mol. The molecule has 0 heterocycles. The molecule has 0 saturated carbocycles. The van der Waals surface area contributed by atoms with Crippen LogP contribution < -0.4 is 4.72 Å². The van der Waals surface area contributed by atoms with Crippen molar-refractivity contribution in [3.8, 4) is 0 Å². The first kappa shape index (κ1) is 11.0. The standard InChI is InChI=1S/C7H7Br2NO2S/c1-13(11,12)10-7-4-5(8)2-3-6(7)9/h2-4,10H,1H3. The third kappa shape index (κ3) is 3.66. The van der Waals surface area contributed by atoms with E-state index < -0.39 is 10.0 Å². The van der Waals surface area contributed by atoms with Crippen molar-refractivity contribution in [2.45, 2.75) is 0 Å². The number of halogens is 2. The highest BCUT2D eigenvalue weighted by molar-refractivity contribution is 9.11. The summed E-state index contributed by atoms with van der Waals surface area (Å²) in [5.41, 5.74) is 0.525. The fraction of sp³-hybridized carbons (Fsp3) is 0.143. The highest BCUT2D eigenvalue weighted by Crippen LogP contribution is 2.26. The van der Waals surface area contributed by atoms with Crippen LogP contribution in [0.15, 0.2) is 27.1 Å². The van der Waals surface area contributed by atoms with Gasteiger partial charge in [0.15, 0.2) is 0 Å². The Balaban J connectivity index is 3.08. The largest absolute Gasteiger partial charge is 0.283 e. The molecule has 1 aromatic rings. The molecule has 0 aliphatic carbocycles. The van der Waals surface area contributed by atoms with Gasteiger partial charge in [-0.15, -0.1) is 0 Å². The summed E-state index contributed by atoms with van der Waals surface area (Å²) in [5, 5.41) is 0. The van der Waals surface area contributed by atoms with E-state index >= 15 is 0 Å². The molecule has 0 unspecified atom stereocenters. The van der Waals surface area contributed by atoms with E-state index in [-0.39, 0.29) is 0 Å². The van der Waals surface area contributed by atoms with Crippen LogP contribution in [0, 0.1) is 0 Å². The summed E-state index contributed by atoms with van der Waals surface area (Å²) in [6.07, 6.45) is 1.11. The Morgan fingerprint density at radius 2 is 1.92 bits per heavy atom. The Morgan fingerprint density at radius 1 is 1.31 bits per heavy atom. The minimum Gasteiger partial charge on any atom is -0.283 e. The van der Waals surface area contributed by atoms with E-state index in [4.69, 9.17) is 0 Å². The highest BCUT2D eigenvalue weighted by Gasteiger charge is 2.05. The lowest BCUT2D eigenvalue weighted by Gasteiger charge is -2.06. The van der Waals surface area contributed by atoms with Crippen LogP contribution in [0.2, 0.25) is 0 Å². The molecule has 0 fully saturated rings. The quantitative estimate of drug-likeness (QED) is 0.907. The smallest absolute Gasteiger partial charge is 0.229 e. The average Bonchev–Trinajstić information content (AvgIpc) is 1.94. The molecule has 13 heavy (non-hydrogen) atoms. The van der Waals surface area contributed by atoms with Gasteiger partial charge in [0.1, 0.15) is 0 Å². The third-order valence-electron chi connectivity index (χ3n) is 1.22. The molecule has 72 valence electrons. The maximum Gasteiger partial charge on any atom is 0.229 e. The second-order valence-electron chi connectivity index (χ2n) is 2.50. The minimum absolute atomic E-state index is 0.525. The van der Waals surface area contributed by atoms with E-state index in [1.807, 2.05) is 6.07 Å². The van der Waals surface area contributed by atoms with Gasteiger partial charge in [0.2, 0.25) is 10.0 Å². The summed E-state index contributed by atoms with van der Waals surface area (Å²) in [5.74, 6) is 0. The van der Waals surface area contributed by atoms with Crippen molar-refractivity contribution >= 4 is 47.6 Å². The number of hydrogen-bond donors (Lipinski definition) is 1. The van der Waals surface area contributed by atoms with Gasteiger partial charge < -0.3 is 0 Å². The van der Waals surface area contributed by atoms with Gasteiger partial charge in [-0.2, -0.15) is 0 Å². The minimum atomic E-state index is -3.22. The predicted octanol–water partition coefficient (Wildman–Crippen LogP) is 2.58. The fourth-order valence-corrected chi connectivity index (χ4v) is 2.18. The lowest BCUT2D eigenvalue weighted by atomic mass is 10.3. The van der Waals surface area contributed by atoms with Crippen molar-refractivity contribution in [1.82, 2.24) is 0 Å². The first-order valence-corrected chi connectivity index (χ1v) is 6.79. The SMILES string of the molecule is CS(=O)(=O)Nc1cc(Br)ccc1Br. The number of benzene rings is 1. The number of rotatable bonds is 2. The lowest BCUT2D eigenvalue weighted by molar-refractivity contribution is 0.607. The predicted molar refractivity (Wildman–Crippen MR) is 60.3 cm³/mol. The van der Waals surface area contributed by atoms with Crippen LogP contribution in [0.3, 0.4) is 0 Å². The van der Waals surface area contributed by atoms with Crippen LogP contribution in [0.25, 0.3) is 0 Å². The molecular weight excluding hydrogens is 322 g/mol. The van der Waals surface area contributed by atoms with Gasteiger partial charge in [0.05, 0.1) is 11.9 Å². The molecule has 0 aliphatic heterocycles. The summed E-state index contributed by atoms with van der Waals surface area (Å²) in [6, 6.07) is 5.26. The van der Waals surface area contributed by atoms with Gasteiger partial charge in [-0.3, -0.25) is 4.72 Å². The van der Waals surface area contributed by atoms with Crippen molar-refractivity contribution in [3.63, 3.8) is 0 Å². The molecule has 3 nitrogen and oxygen atoms in total. The van der Waals surface area contributed by atoms with Crippen LogP contribution in [0.4, 0.5) is 5.69 Å². The summed E-state index contributed by atoms with van der Waals surface area (Å²) in [7, 11) is -3.22. The van der Waals surface area contributed by atoms with Gasteiger partial charge in [0.25, 0.3) is 0 Å². The van der Waals surface area contributed by atoms with Crippen molar-refractivity contribution < 1.29 is 8.42 Å². The van der Waals surface area contributed by atoms with Gasteiger partial charge in [0, 0.05) is 8.95 Å². The zero-order chi connectivity index (χ0) is 10.1. The highest BCUT2D eigenvalue weighted by atomic mass is 79.9. The van der Waals surface area contributed by atoms with Crippen LogP contribution in [-0.4, -0.2) is 14.7 Å². The molecule has 0 saturated heterocycles. The van der Waals surface area contributed by atoms with Crippen LogP contribution in [-0.2, 0) is 10.0 Å². The maximum absolute atomic E-state index is 10.9. The van der Waals surface area contributed by atoms with Crippen LogP contribution in [0.5, 0.6) is 0 Å². The zero-order valence-electron chi connectivity index (χ0n) is 6.71. The van der Waals surface area contributed by atoms with Gasteiger partial charge >= 0.3 is 0 Å². The van der Waals surface area contributed by atoms with Crippen molar-refractivity contribution in [1.29, 1.82) is 0 Å². The van der Waals surface area contributed by atoms with E-state index in [9.17, 15) is 8.42 Å². The van der Waals surface area contributed by atoms with Crippen molar-refractivity contribution in [2.75, 3.05) is 11.0 Å². The van der Waals surface area contributed by atoms with Crippen molar-refractivity contribution in [3.05, 3.63) is 27.1 Å². The number of hydrogen-bond acceptors (Lipinski definition) is 2. The molecule has 1 aromatic carbocycles. The first-order chi connectivity index (χ1) is 5.88. The Morgan fingerprint density at radius 3 is 2.46 bits per heavy atom. The average molecular weight is 329 g/mol. The summed E-state index contributed by atoms with van der Waals surface area (Å²) in [6.45, 7) is 0. The third-order valence-corrected chi connectivity index (χ3v) is 3.00. The topological polar surface area (TPSA) is 46.2 Å². The molecule has 0 aromatic heterocycles. The normalized spacial score (nSPS) is 11.3. The second-order valence-corrected chi connectivity index (χ2v) is 6.02. The Bertz CT molecular complexity index is 417. The van der Waals surface area contributed by atoms with E-state index in [2.05, 4.69) is 36.6 Å². The number of sulfonamides is 1. The Labute approximate surface area is 93.8 Å². The molecule has 6 heteroatoms. The van der Waals surface area contributed by atoms with Crippen LogP contribution >= 0.6 is 31.9 Å².